The number of piperidine rings is 1. The molecule has 1 amide bonds. The summed E-state index contributed by atoms with van der Waals surface area (Å²) in [6.07, 6.45) is 0.858. The lowest BCUT2D eigenvalue weighted by Gasteiger charge is -2.42. The molecule has 0 spiro atoms. The molecule has 1 aromatic rings. The Balaban J connectivity index is 2.02. The molecule has 1 unspecified atom stereocenters. The Labute approximate surface area is 150 Å². The highest BCUT2D eigenvalue weighted by atomic mass is 32.2. The summed E-state index contributed by atoms with van der Waals surface area (Å²) in [5.41, 5.74) is 6.57. The minimum absolute atomic E-state index is 0.0295. The van der Waals surface area contributed by atoms with Gasteiger partial charge in [-0.25, -0.2) is 12.7 Å². The molecule has 7 nitrogen and oxygen atoms in total. The molecular weight excluding hydrogens is 340 g/mol. The Morgan fingerprint density at radius 3 is 2.68 bits per heavy atom. The van der Waals surface area contributed by atoms with Crippen LogP contribution < -0.4 is 11.1 Å². The van der Waals surface area contributed by atoms with Crippen LogP contribution in [-0.4, -0.2) is 63.3 Å². The smallest absolute Gasteiger partial charge is 0.242 e. The molecule has 1 saturated heterocycles. The first-order valence-corrected chi connectivity index (χ1v) is 9.77. The van der Waals surface area contributed by atoms with Crippen molar-refractivity contribution in [3.8, 4) is 0 Å². The first kappa shape index (κ1) is 19.8. The van der Waals surface area contributed by atoms with Gasteiger partial charge in [0.15, 0.2) is 0 Å². The molecule has 140 valence electrons. The van der Waals surface area contributed by atoms with Crippen molar-refractivity contribution >= 4 is 21.6 Å². The Kier molecular flexibility index (Phi) is 5.88. The van der Waals surface area contributed by atoms with Crippen LogP contribution >= 0.6 is 0 Å². The van der Waals surface area contributed by atoms with E-state index < -0.39 is 10.0 Å². The highest BCUT2D eigenvalue weighted by molar-refractivity contribution is 7.89. The maximum atomic E-state index is 12.3. The van der Waals surface area contributed by atoms with Crippen molar-refractivity contribution in [2.24, 2.45) is 11.1 Å². The number of carbonyl (C=O) groups is 1. The van der Waals surface area contributed by atoms with E-state index in [-0.39, 0.29) is 28.8 Å². The number of benzene rings is 1. The largest absolute Gasteiger partial charge is 0.327 e. The van der Waals surface area contributed by atoms with Crippen molar-refractivity contribution in [3.05, 3.63) is 24.3 Å². The van der Waals surface area contributed by atoms with Gasteiger partial charge in [0.05, 0.1) is 11.4 Å². The average Bonchev–Trinajstić information content (AvgIpc) is 2.50. The van der Waals surface area contributed by atoms with Crippen LogP contribution in [0.3, 0.4) is 0 Å². The first-order valence-electron chi connectivity index (χ1n) is 8.33. The predicted octanol–water partition coefficient (Wildman–Crippen LogP) is 0.935. The minimum Gasteiger partial charge on any atom is -0.327 e. The number of amides is 1. The lowest BCUT2D eigenvalue weighted by atomic mass is 9.80. The number of nitrogens with one attached hydrogen (secondary N) is 1. The van der Waals surface area contributed by atoms with E-state index in [0.29, 0.717) is 5.69 Å². The second-order valence-corrected chi connectivity index (χ2v) is 9.61. The molecule has 1 aliphatic rings. The third-order valence-corrected chi connectivity index (χ3v) is 6.47. The van der Waals surface area contributed by atoms with E-state index in [0.717, 1.165) is 23.8 Å². The summed E-state index contributed by atoms with van der Waals surface area (Å²) in [7, 11) is -0.575. The van der Waals surface area contributed by atoms with Crippen LogP contribution in [0.5, 0.6) is 0 Å². The van der Waals surface area contributed by atoms with Crippen LogP contribution in [0.1, 0.15) is 20.3 Å². The van der Waals surface area contributed by atoms with Crippen LogP contribution in [0, 0.1) is 5.41 Å². The number of carbonyl (C=O) groups excluding carboxylic acids is 1. The molecule has 1 aliphatic heterocycles. The number of nitrogens with zero attached hydrogens (tertiary/aromatic N) is 2. The highest BCUT2D eigenvalue weighted by Gasteiger charge is 2.33. The van der Waals surface area contributed by atoms with Crippen LogP contribution in [0.4, 0.5) is 5.69 Å². The van der Waals surface area contributed by atoms with E-state index in [2.05, 4.69) is 24.1 Å². The fourth-order valence-electron chi connectivity index (χ4n) is 2.97. The standard InChI is InChI=1S/C17H28N4O3S/c1-17(2)12-21(9-8-15(17)18)11-16(22)19-13-6-5-7-14(10-13)25(23,24)20(3)4/h5-7,10,15H,8-9,11-12,18H2,1-4H3,(H,19,22). The van der Waals surface area contributed by atoms with Crippen LogP contribution in [-0.2, 0) is 14.8 Å². The van der Waals surface area contributed by atoms with E-state index in [1.54, 1.807) is 12.1 Å². The number of nitrogens with two attached hydrogens (primary N) is 1. The van der Waals surface area contributed by atoms with E-state index in [9.17, 15) is 13.2 Å². The maximum Gasteiger partial charge on any atom is 0.242 e. The van der Waals surface area contributed by atoms with Gasteiger partial charge in [-0.05, 0) is 30.0 Å². The third kappa shape index (κ3) is 4.78. The Hall–Kier alpha value is -1.48. The molecule has 0 aliphatic carbocycles. The Morgan fingerprint density at radius 1 is 1.40 bits per heavy atom. The third-order valence-electron chi connectivity index (χ3n) is 4.65. The molecule has 3 N–H and O–H groups in total. The monoisotopic (exact) mass is 368 g/mol. The number of sulfonamides is 1. The number of likely N-dealkylation sites (tertiary alicyclic amines) is 1. The molecule has 25 heavy (non-hydrogen) atoms. The molecular formula is C17H28N4O3S. The van der Waals surface area contributed by atoms with E-state index in [4.69, 9.17) is 5.73 Å². The van der Waals surface area contributed by atoms with Crippen molar-refractivity contribution in [3.63, 3.8) is 0 Å². The molecule has 1 atom stereocenters. The second-order valence-electron chi connectivity index (χ2n) is 7.46. The van der Waals surface area contributed by atoms with Gasteiger partial charge < -0.3 is 11.1 Å². The summed E-state index contributed by atoms with van der Waals surface area (Å²) >= 11 is 0. The zero-order valence-electron chi connectivity index (χ0n) is 15.3. The Morgan fingerprint density at radius 2 is 2.08 bits per heavy atom. The fourth-order valence-corrected chi connectivity index (χ4v) is 3.92. The van der Waals surface area contributed by atoms with Crippen molar-refractivity contribution < 1.29 is 13.2 Å². The molecule has 2 rings (SSSR count). The van der Waals surface area contributed by atoms with E-state index in [1.165, 1.54) is 26.2 Å². The summed E-state index contributed by atoms with van der Waals surface area (Å²) in [6.45, 7) is 6.03. The quantitative estimate of drug-likeness (QED) is 0.806. The van der Waals surface area contributed by atoms with Crippen molar-refractivity contribution in [1.29, 1.82) is 0 Å². The molecule has 0 bridgehead atoms. The highest BCUT2D eigenvalue weighted by Crippen LogP contribution is 2.27. The zero-order chi connectivity index (χ0) is 18.8. The SMILES string of the molecule is CN(C)S(=O)(=O)c1cccc(NC(=O)CN2CCC(N)C(C)(C)C2)c1. The zero-order valence-corrected chi connectivity index (χ0v) is 16.1. The van der Waals surface area contributed by atoms with Gasteiger partial charge in [-0.3, -0.25) is 9.69 Å². The minimum atomic E-state index is -3.53. The number of hydrogen-bond donors (Lipinski definition) is 2. The maximum absolute atomic E-state index is 12.3. The van der Waals surface area contributed by atoms with Crippen molar-refractivity contribution in [2.45, 2.75) is 31.2 Å². The normalized spacial score (nSPS) is 21.3. The molecule has 1 fully saturated rings. The number of rotatable bonds is 5. The van der Waals surface area contributed by atoms with E-state index >= 15 is 0 Å². The predicted molar refractivity (Wildman–Crippen MR) is 98.8 cm³/mol. The molecule has 0 saturated carbocycles. The number of hydrogen-bond acceptors (Lipinski definition) is 5. The summed E-state index contributed by atoms with van der Waals surface area (Å²) in [5, 5.41) is 2.78. The topological polar surface area (TPSA) is 95.7 Å². The van der Waals surface area contributed by atoms with Gasteiger partial charge in [-0.15, -0.1) is 0 Å². The Bertz CT molecular complexity index is 731. The van der Waals surface area contributed by atoms with Gasteiger partial charge in [0.1, 0.15) is 0 Å². The van der Waals surface area contributed by atoms with E-state index in [1.807, 2.05) is 0 Å². The fraction of sp³-hybridized carbons (Fsp3) is 0.588. The lowest BCUT2D eigenvalue weighted by Crippen LogP contribution is -2.53. The molecule has 1 aromatic carbocycles. The van der Waals surface area contributed by atoms with Crippen LogP contribution in [0.15, 0.2) is 29.2 Å². The summed E-state index contributed by atoms with van der Waals surface area (Å²) in [4.78, 5) is 14.6. The summed E-state index contributed by atoms with van der Waals surface area (Å²) < 4.78 is 25.5. The lowest BCUT2D eigenvalue weighted by molar-refractivity contribution is -0.118. The summed E-state index contributed by atoms with van der Waals surface area (Å²) in [5.74, 6) is -0.161. The van der Waals surface area contributed by atoms with Gasteiger partial charge in [0, 0.05) is 38.9 Å². The van der Waals surface area contributed by atoms with Crippen molar-refractivity contribution in [1.82, 2.24) is 9.21 Å². The van der Waals surface area contributed by atoms with Crippen LogP contribution in [0.2, 0.25) is 0 Å². The first-order chi connectivity index (χ1) is 11.5. The van der Waals surface area contributed by atoms with Crippen LogP contribution in [0.25, 0.3) is 0 Å². The van der Waals surface area contributed by atoms with Gasteiger partial charge in [-0.1, -0.05) is 19.9 Å². The molecule has 1 heterocycles. The number of anilines is 1. The van der Waals surface area contributed by atoms with Crippen molar-refractivity contribution in [2.75, 3.05) is 39.0 Å². The summed E-state index contributed by atoms with van der Waals surface area (Å²) in [6, 6.07) is 6.43. The molecule has 0 radical (unpaired) electrons. The molecule has 0 aromatic heterocycles. The molecule has 8 heteroatoms. The van der Waals surface area contributed by atoms with Gasteiger partial charge in [0.25, 0.3) is 0 Å². The van der Waals surface area contributed by atoms with Gasteiger partial charge in [0.2, 0.25) is 15.9 Å². The van der Waals surface area contributed by atoms with Gasteiger partial charge >= 0.3 is 0 Å². The average molecular weight is 369 g/mol. The second kappa shape index (κ2) is 7.41. The van der Waals surface area contributed by atoms with Gasteiger partial charge in [-0.2, -0.15) is 0 Å².